The van der Waals surface area contributed by atoms with Crippen LogP contribution in [-0.2, 0) is 4.79 Å². The molecule has 2 aromatic carbocycles. The summed E-state index contributed by atoms with van der Waals surface area (Å²) in [5.74, 6) is 0.224. The lowest BCUT2D eigenvalue weighted by Gasteiger charge is -2.17. The second-order valence-electron chi connectivity index (χ2n) is 5.30. The van der Waals surface area contributed by atoms with E-state index in [1.807, 2.05) is 6.07 Å². The average Bonchev–Trinajstić information content (AvgIpc) is 3.05. The molecule has 25 heavy (non-hydrogen) atoms. The van der Waals surface area contributed by atoms with E-state index >= 15 is 0 Å². The Bertz CT molecular complexity index is 889. The van der Waals surface area contributed by atoms with E-state index in [4.69, 9.17) is 16.0 Å². The zero-order valence-electron chi connectivity index (χ0n) is 13.4. The molecular formula is C19H15ClN2O3. The van der Waals surface area contributed by atoms with Crippen LogP contribution in [0.2, 0.25) is 5.02 Å². The molecule has 1 heterocycles. The maximum absolute atomic E-state index is 12.5. The molecule has 0 unspecified atom stereocenters. The molecule has 1 N–H and O–H groups in total. The van der Waals surface area contributed by atoms with Gasteiger partial charge in [0, 0.05) is 29.3 Å². The summed E-state index contributed by atoms with van der Waals surface area (Å²) in [5.41, 5.74) is 1.38. The summed E-state index contributed by atoms with van der Waals surface area (Å²) in [6, 6.07) is 18.7. The van der Waals surface area contributed by atoms with Crippen molar-refractivity contribution in [3.63, 3.8) is 0 Å². The minimum absolute atomic E-state index is 0.144. The summed E-state index contributed by atoms with van der Waals surface area (Å²) in [5, 5.41) is 3.28. The van der Waals surface area contributed by atoms with Crippen LogP contribution in [0.4, 0.5) is 16.4 Å². The molecule has 0 bridgehead atoms. The maximum atomic E-state index is 12.5. The molecule has 0 aliphatic heterocycles. The number of para-hydroxylation sites is 1. The Morgan fingerprint density at radius 3 is 2.28 bits per heavy atom. The minimum Gasteiger partial charge on any atom is -0.440 e. The molecule has 0 radical (unpaired) electrons. The van der Waals surface area contributed by atoms with E-state index in [-0.39, 0.29) is 5.88 Å². The molecule has 0 saturated heterocycles. The van der Waals surface area contributed by atoms with Crippen molar-refractivity contribution in [3.05, 3.63) is 71.8 Å². The fourth-order valence-corrected chi connectivity index (χ4v) is 2.44. The highest BCUT2D eigenvalue weighted by molar-refractivity contribution is 6.30. The topological polar surface area (TPSA) is 62.6 Å². The number of nitrogens with one attached hydrogen (secondary N) is 1. The normalized spacial score (nSPS) is 10.3. The van der Waals surface area contributed by atoms with E-state index in [0.29, 0.717) is 16.5 Å². The molecule has 3 aromatic rings. The van der Waals surface area contributed by atoms with Gasteiger partial charge in [0.15, 0.2) is 0 Å². The monoisotopic (exact) mass is 354 g/mol. The van der Waals surface area contributed by atoms with Crippen molar-refractivity contribution >= 4 is 35.1 Å². The van der Waals surface area contributed by atoms with Crippen LogP contribution in [0.5, 0.6) is 0 Å². The van der Waals surface area contributed by atoms with Crippen LogP contribution in [-0.4, -0.2) is 11.9 Å². The smallest absolute Gasteiger partial charge is 0.335 e. The van der Waals surface area contributed by atoms with Gasteiger partial charge in [0.1, 0.15) is 5.76 Å². The Labute approximate surface area is 149 Å². The van der Waals surface area contributed by atoms with Crippen molar-refractivity contribution in [2.24, 2.45) is 0 Å². The second kappa shape index (κ2) is 7.23. The molecule has 0 atom stereocenters. The van der Waals surface area contributed by atoms with E-state index in [2.05, 4.69) is 5.32 Å². The molecule has 0 spiro atoms. The minimum atomic E-state index is -0.587. The zero-order valence-corrected chi connectivity index (χ0v) is 14.2. The van der Waals surface area contributed by atoms with Crippen LogP contribution < -0.4 is 10.2 Å². The number of amides is 3. The van der Waals surface area contributed by atoms with E-state index in [9.17, 15) is 9.59 Å². The number of halogens is 1. The van der Waals surface area contributed by atoms with E-state index in [1.165, 1.54) is 6.92 Å². The molecule has 0 fully saturated rings. The first-order chi connectivity index (χ1) is 12.0. The first-order valence-electron chi connectivity index (χ1n) is 7.57. The predicted octanol–water partition coefficient (Wildman–Crippen LogP) is 5.19. The van der Waals surface area contributed by atoms with Crippen molar-refractivity contribution < 1.29 is 14.0 Å². The van der Waals surface area contributed by atoms with Gasteiger partial charge >= 0.3 is 6.03 Å². The van der Waals surface area contributed by atoms with Crippen LogP contribution in [0.3, 0.4) is 0 Å². The van der Waals surface area contributed by atoms with Crippen LogP contribution in [0, 0.1) is 0 Å². The van der Waals surface area contributed by atoms with Gasteiger partial charge in [-0.05, 0) is 42.5 Å². The van der Waals surface area contributed by atoms with Crippen LogP contribution in [0.25, 0.3) is 11.3 Å². The van der Waals surface area contributed by atoms with E-state index in [0.717, 1.165) is 10.5 Å². The zero-order chi connectivity index (χ0) is 17.8. The SMILES string of the molecule is CC(=O)N(C(=O)Nc1ccccc1)c1ccc(-c2ccc(Cl)cc2)o1. The summed E-state index contributed by atoms with van der Waals surface area (Å²) in [6.45, 7) is 1.30. The molecule has 6 heteroatoms. The molecule has 0 saturated carbocycles. The summed E-state index contributed by atoms with van der Waals surface area (Å²) in [7, 11) is 0. The number of urea groups is 1. The van der Waals surface area contributed by atoms with Crippen molar-refractivity contribution in [3.8, 4) is 11.3 Å². The summed E-state index contributed by atoms with van der Waals surface area (Å²) in [4.78, 5) is 25.4. The average molecular weight is 355 g/mol. The molecule has 3 amide bonds. The number of furan rings is 1. The van der Waals surface area contributed by atoms with Gasteiger partial charge in [-0.2, -0.15) is 0 Å². The molecular weight excluding hydrogens is 340 g/mol. The van der Waals surface area contributed by atoms with Gasteiger partial charge in [-0.1, -0.05) is 29.8 Å². The number of hydrogen-bond donors (Lipinski definition) is 1. The van der Waals surface area contributed by atoms with Gasteiger partial charge in [-0.3, -0.25) is 4.79 Å². The van der Waals surface area contributed by atoms with Gasteiger partial charge in [0.2, 0.25) is 11.8 Å². The van der Waals surface area contributed by atoms with Crippen LogP contribution >= 0.6 is 11.6 Å². The maximum Gasteiger partial charge on any atom is 0.335 e. The van der Waals surface area contributed by atoms with Gasteiger partial charge in [0.25, 0.3) is 0 Å². The summed E-state index contributed by atoms with van der Waals surface area (Å²) in [6.07, 6.45) is 0. The third kappa shape index (κ3) is 3.89. The Balaban J connectivity index is 1.85. The third-order valence-electron chi connectivity index (χ3n) is 3.48. The molecule has 0 aliphatic rings. The Morgan fingerprint density at radius 1 is 0.960 bits per heavy atom. The quantitative estimate of drug-likeness (QED) is 0.704. The van der Waals surface area contributed by atoms with Gasteiger partial charge in [-0.25, -0.2) is 9.69 Å². The van der Waals surface area contributed by atoms with Gasteiger partial charge in [-0.15, -0.1) is 0 Å². The predicted molar refractivity (Wildman–Crippen MR) is 97.8 cm³/mol. The lowest BCUT2D eigenvalue weighted by Crippen LogP contribution is -2.38. The molecule has 126 valence electrons. The largest absolute Gasteiger partial charge is 0.440 e. The lowest BCUT2D eigenvalue weighted by atomic mass is 10.2. The Hall–Kier alpha value is -3.05. The highest BCUT2D eigenvalue weighted by Gasteiger charge is 2.23. The van der Waals surface area contributed by atoms with Gasteiger partial charge in [0.05, 0.1) is 0 Å². The Morgan fingerprint density at radius 2 is 1.64 bits per heavy atom. The van der Waals surface area contributed by atoms with Gasteiger partial charge < -0.3 is 9.73 Å². The summed E-state index contributed by atoms with van der Waals surface area (Å²) >= 11 is 5.88. The van der Waals surface area contributed by atoms with Crippen LogP contribution in [0.1, 0.15) is 6.92 Å². The van der Waals surface area contributed by atoms with Crippen molar-refractivity contribution in [1.29, 1.82) is 0 Å². The van der Waals surface area contributed by atoms with Crippen molar-refractivity contribution in [2.45, 2.75) is 6.92 Å². The standard InChI is InChI=1S/C19H15ClN2O3/c1-13(23)22(19(24)21-16-5-3-2-4-6-16)18-12-11-17(25-18)14-7-9-15(20)10-8-14/h2-12H,1H3,(H,21,24). The highest BCUT2D eigenvalue weighted by Crippen LogP contribution is 2.28. The molecule has 3 rings (SSSR count). The third-order valence-corrected chi connectivity index (χ3v) is 3.74. The van der Waals surface area contributed by atoms with Crippen molar-refractivity contribution in [2.75, 3.05) is 10.2 Å². The first-order valence-corrected chi connectivity index (χ1v) is 7.95. The molecule has 1 aromatic heterocycles. The number of rotatable bonds is 3. The van der Waals surface area contributed by atoms with Crippen molar-refractivity contribution in [1.82, 2.24) is 0 Å². The number of anilines is 2. The van der Waals surface area contributed by atoms with E-state index in [1.54, 1.807) is 60.7 Å². The first kappa shape index (κ1) is 16.8. The molecule has 5 nitrogen and oxygen atoms in total. The second-order valence-corrected chi connectivity index (χ2v) is 5.73. The number of benzene rings is 2. The molecule has 0 aliphatic carbocycles. The Kier molecular flexibility index (Phi) is 4.86. The fourth-order valence-electron chi connectivity index (χ4n) is 2.32. The number of imide groups is 1. The van der Waals surface area contributed by atoms with E-state index < -0.39 is 11.9 Å². The number of carbonyl (C=O) groups excluding carboxylic acids is 2. The number of hydrogen-bond acceptors (Lipinski definition) is 3. The fraction of sp³-hybridized carbons (Fsp3) is 0.0526. The number of carbonyl (C=O) groups is 2. The lowest BCUT2D eigenvalue weighted by molar-refractivity contribution is -0.115. The highest BCUT2D eigenvalue weighted by atomic mass is 35.5. The van der Waals surface area contributed by atoms with Crippen LogP contribution in [0.15, 0.2) is 71.1 Å². The summed E-state index contributed by atoms with van der Waals surface area (Å²) < 4.78 is 5.69. The number of nitrogens with zero attached hydrogens (tertiary/aromatic N) is 1.